The van der Waals surface area contributed by atoms with E-state index in [9.17, 15) is 0 Å². The van der Waals surface area contributed by atoms with E-state index >= 15 is 0 Å². The third kappa shape index (κ3) is 5.24. The van der Waals surface area contributed by atoms with Gasteiger partial charge in [-0.05, 0) is 45.2 Å². The zero-order valence-corrected chi connectivity index (χ0v) is 8.39. The SMILES string of the molecule is OCCCCCNC1CCCNC1. The summed E-state index contributed by atoms with van der Waals surface area (Å²) in [7, 11) is 0. The van der Waals surface area contributed by atoms with E-state index in [4.69, 9.17) is 5.11 Å². The van der Waals surface area contributed by atoms with Gasteiger partial charge in [-0.1, -0.05) is 0 Å². The molecule has 0 radical (unpaired) electrons. The van der Waals surface area contributed by atoms with E-state index in [0.717, 1.165) is 25.9 Å². The Morgan fingerprint density at radius 1 is 1.31 bits per heavy atom. The average Bonchev–Trinajstić information content (AvgIpc) is 2.19. The smallest absolute Gasteiger partial charge is 0.0431 e. The minimum Gasteiger partial charge on any atom is -0.396 e. The van der Waals surface area contributed by atoms with Crippen LogP contribution in [0.15, 0.2) is 0 Å². The normalized spacial score (nSPS) is 23.3. The molecule has 3 N–H and O–H groups in total. The van der Waals surface area contributed by atoms with Crippen molar-refractivity contribution >= 4 is 0 Å². The third-order valence-corrected chi connectivity index (χ3v) is 2.56. The fraction of sp³-hybridized carbons (Fsp3) is 1.00. The first-order valence-corrected chi connectivity index (χ1v) is 5.48. The molecular weight excluding hydrogens is 164 g/mol. The van der Waals surface area contributed by atoms with Crippen molar-refractivity contribution < 1.29 is 5.11 Å². The molecule has 78 valence electrons. The van der Waals surface area contributed by atoms with E-state index in [1.807, 2.05) is 0 Å². The number of aliphatic hydroxyl groups is 1. The first-order valence-electron chi connectivity index (χ1n) is 5.48. The molecule has 1 fully saturated rings. The summed E-state index contributed by atoms with van der Waals surface area (Å²) in [5.74, 6) is 0. The molecule has 1 unspecified atom stereocenters. The van der Waals surface area contributed by atoms with Gasteiger partial charge < -0.3 is 15.7 Å². The average molecular weight is 186 g/mol. The molecule has 1 rings (SSSR count). The van der Waals surface area contributed by atoms with Crippen LogP contribution in [0, 0.1) is 0 Å². The lowest BCUT2D eigenvalue weighted by Gasteiger charge is -2.23. The topological polar surface area (TPSA) is 44.3 Å². The van der Waals surface area contributed by atoms with E-state index in [2.05, 4.69) is 10.6 Å². The maximum atomic E-state index is 8.58. The molecule has 0 aromatic carbocycles. The number of hydrogen-bond donors (Lipinski definition) is 3. The standard InChI is InChI=1S/C10H22N2O/c13-8-3-1-2-7-12-10-5-4-6-11-9-10/h10-13H,1-9H2. The van der Waals surface area contributed by atoms with E-state index < -0.39 is 0 Å². The highest BCUT2D eigenvalue weighted by Gasteiger charge is 2.10. The van der Waals surface area contributed by atoms with Gasteiger partial charge >= 0.3 is 0 Å². The maximum absolute atomic E-state index is 8.58. The number of rotatable bonds is 6. The zero-order chi connectivity index (χ0) is 9.36. The monoisotopic (exact) mass is 186 g/mol. The highest BCUT2D eigenvalue weighted by Crippen LogP contribution is 2.01. The Kier molecular flexibility index (Phi) is 6.15. The van der Waals surface area contributed by atoms with Crippen molar-refractivity contribution in [2.75, 3.05) is 26.2 Å². The Bertz CT molecular complexity index is 113. The highest BCUT2D eigenvalue weighted by molar-refractivity contribution is 4.74. The second kappa shape index (κ2) is 7.30. The van der Waals surface area contributed by atoms with Crippen LogP contribution < -0.4 is 10.6 Å². The molecule has 13 heavy (non-hydrogen) atoms. The molecule has 3 heteroatoms. The summed E-state index contributed by atoms with van der Waals surface area (Å²) in [6, 6.07) is 0.683. The van der Waals surface area contributed by atoms with Crippen molar-refractivity contribution in [3.8, 4) is 0 Å². The summed E-state index contributed by atoms with van der Waals surface area (Å²) in [5.41, 5.74) is 0. The molecule has 0 aromatic rings. The molecule has 0 spiro atoms. The summed E-state index contributed by atoms with van der Waals surface area (Å²) < 4.78 is 0. The van der Waals surface area contributed by atoms with E-state index in [1.54, 1.807) is 0 Å². The lowest BCUT2D eigenvalue weighted by atomic mass is 10.1. The van der Waals surface area contributed by atoms with Gasteiger partial charge in [-0.3, -0.25) is 0 Å². The summed E-state index contributed by atoms with van der Waals surface area (Å²) >= 11 is 0. The van der Waals surface area contributed by atoms with Gasteiger partial charge in [-0.15, -0.1) is 0 Å². The third-order valence-electron chi connectivity index (χ3n) is 2.56. The fourth-order valence-corrected chi connectivity index (χ4v) is 1.75. The quantitative estimate of drug-likeness (QED) is 0.529. The van der Waals surface area contributed by atoms with Gasteiger partial charge in [0.05, 0.1) is 0 Å². The molecule has 0 aromatic heterocycles. The van der Waals surface area contributed by atoms with E-state index in [-0.39, 0.29) is 0 Å². The van der Waals surface area contributed by atoms with Gasteiger partial charge in [0.2, 0.25) is 0 Å². The summed E-state index contributed by atoms with van der Waals surface area (Å²) in [5, 5.41) is 15.5. The van der Waals surface area contributed by atoms with Crippen molar-refractivity contribution in [3.05, 3.63) is 0 Å². The van der Waals surface area contributed by atoms with Crippen molar-refractivity contribution in [2.45, 2.75) is 38.1 Å². The van der Waals surface area contributed by atoms with Crippen LogP contribution in [0.1, 0.15) is 32.1 Å². The molecule has 0 bridgehead atoms. The largest absolute Gasteiger partial charge is 0.396 e. The highest BCUT2D eigenvalue weighted by atomic mass is 16.2. The van der Waals surface area contributed by atoms with Crippen LogP contribution in [0.4, 0.5) is 0 Å². The van der Waals surface area contributed by atoms with Crippen molar-refractivity contribution in [2.24, 2.45) is 0 Å². The van der Waals surface area contributed by atoms with Gasteiger partial charge in [0.25, 0.3) is 0 Å². The van der Waals surface area contributed by atoms with Crippen LogP contribution in [0.5, 0.6) is 0 Å². The number of piperidine rings is 1. The number of nitrogens with one attached hydrogen (secondary N) is 2. The van der Waals surface area contributed by atoms with Gasteiger partial charge in [0.15, 0.2) is 0 Å². The van der Waals surface area contributed by atoms with Crippen molar-refractivity contribution in [3.63, 3.8) is 0 Å². The Morgan fingerprint density at radius 3 is 2.92 bits per heavy atom. The minimum absolute atomic E-state index is 0.338. The summed E-state index contributed by atoms with van der Waals surface area (Å²) in [6.07, 6.45) is 5.90. The van der Waals surface area contributed by atoms with Crippen molar-refractivity contribution in [1.82, 2.24) is 10.6 Å². The molecule has 0 amide bonds. The second-order valence-electron chi connectivity index (χ2n) is 3.78. The molecule has 0 saturated carbocycles. The Balaban J connectivity index is 1.86. The van der Waals surface area contributed by atoms with Crippen LogP contribution in [-0.4, -0.2) is 37.4 Å². The van der Waals surface area contributed by atoms with E-state index in [0.29, 0.717) is 12.6 Å². The molecule has 1 aliphatic heterocycles. The molecular formula is C10H22N2O. The van der Waals surface area contributed by atoms with Crippen LogP contribution >= 0.6 is 0 Å². The number of hydrogen-bond acceptors (Lipinski definition) is 3. The molecule has 0 aliphatic carbocycles. The lowest BCUT2D eigenvalue weighted by Crippen LogP contribution is -2.43. The predicted octanol–water partition coefficient (Wildman–Crippen LogP) is 0.491. The lowest BCUT2D eigenvalue weighted by molar-refractivity contribution is 0.281. The molecule has 1 atom stereocenters. The summed E-state index contributed by atoms with van der Waals surface area (Å²) in [4.78, 5) is 0. The van der Waals surface area contributed by atoms with Crippen LogP contribution in [0.25, 0.3) is 0 Å². The summed E-state index contributed by atoms with van der Waals surface area (Å²) in [6.45, 7) is 3.75. The number of unbranched alkanes of at least 4 members (excludes halogenated alkanes) is 2. The molecule has 1 saturated heterocycles. The Morgan fingerprint density at radius 2 is 2.23 bits per heavy atom. The first kappa shape index (κ1) is 11.0. The predicted molar refractivity (Wildman–Crippen MR) is 54.8 cm³/mol. The van der Waals surface area contributed by atoms with Gasteiger partial charge in [0, 0.05) is 19.2 Å². The Labute approximate surface area is 80.9 Å². The van der Waals surface area contributed by atoms with Crippen molar-refractivity contribution in [1.29, 1.82) is 0 Å². The fourth-order valence-electron chi connectivity index (χ4n) is 1.75. The maximum Gasteiger partial charge on any atom is 0.0431 e. The molecule has 1 aliphatic rings. The van der Waals surface area contributed by atoms with E-state index in [1.165, 1.54) is 25.8 Å². The van der Waals surface area contributed by atoms with Crippen LogP contribution in [0.2, 0.25) is 0 Å². The van der Waals surface area contributed by atoms with Gasteiger partial charge in [-0.2, -0.15) is 0 Å². The molecule has 3 nitrogen and oxygen atoms in total. The first-order chi connectivity index (χ1) is 6.43. The van der Waals surface area contributed by atoms with Gasteiger partial charge in [-0.25, -0.2) is 0 Å². The number of aliphatic hydroxyl groups excluding tert-OH is 1. The molecule has 1 heterocycles. The van der Waals surface area contributed by atoms with Gasteiger partial charge in [0.1, 0.15) is 0 Å². The van der Waals surface area contributed by atoms with Crippen LogP contribution in [-0.2, 0) is 0 Å². The van der Waals surface area contributed by atoms with Crippen LogP contribution in [0.3, 0.4) is 0 Å². The zero-order valence-electron chi connectivity index (χ0n) is 8.39. The second-order valence-corrected chi connectivity index (χ2v) is 3.78. The Hall–Kier alpha value is -0.120. The minimum atomic E-state index is 0.338.